The zero-order chi connectivity index (χ0) is 11.8. The quantitative estimate of drug-likeness (QED) is 0.796. The van der Waals surface area contributed by atoms with Gasteiger partial charge in [-0.25, -0.2) is 0 Å². The molecule has 0 heterocycles. The lowest BCUT2D eigenvalue weighted by Crippen LogP contribution is -2.09. The van der Waals surface area contributed by atoms with Gasteiger partial charge in [-0.1, -0.05) is 0 Å². The van der Waals surface area contributed by atoms with Crippen LogP contribution in [0.5, 0.6) is 11.5 Å². The fourth-order valence-corrected chi connectivity index (χ4v) is 1.33. The van der Waals surface area contributed by atoms with Gasteiger partial charge in [0.25, 0.3) is 0 Å². The summed E-state index contributed by atoms with van der Waals surface area (Å²) in [7, 11) is 1.33. The number of hydrogen-bond acceptors (Lipinski definition) is 2. The van der Waals surface area contributed by atoms with Gasteiger partial charge in [0.2, 0.25) is 0 Å². The van der Waals surface area contributed by atoms with Gasteiger partial charge in [0.15, 0.2) is 0 Å². The summed E-state index contributed by atoms with van der Waals surface area (Å²) >= 11 is 0. The number of ether oxygens (including phenoxy) is 2. The van der Waals surface area contributed by atoms with E-state index in [9.17, 15) is 13.2 Å². The summed E-state index contributed by atoms with van der Waals surface area (Å²) in [6.45, 7) is 0. The molecule has 0 radical (unpaired) electrons. The van der Waals surface area contributed by atoms with E-state index in [1.807, 2.05) is 0 Å². The average molecular weight is 232 g/mol. The minimum Gasteiger partial charge on any atom is -0.497 e. The maximum Gasteiger partial charge on any atom is 0.420 e. The Bertz CT molecular complexity index is 383. The van der Waals surface area contributed by atoms with Gasteiger partial charge in [-0.05, 0) is 31.0 Å². The van der Waals surface area contributed by atoms with Gasteiger partial charge in [-0.15, -0.1) is 0 Å². The Morgan fingerprint density at radius 3 is 2.44 bits per heavy atom. The van der Waals surface area contributed by atoms with Crippen LogP contribution in [0.2, 0.25) is 0 Å². The second kappa shape index (κ2) is 3.88. The number of rotatable bonds is 3. The summed E-state index contributed by atoms with van der Waals surface area (Å²) in [5.74, 6) is 0.0614. The van der Waals surface area contributed by atoms with Crippen molar-refractivity contribution in [2.75, 3.05) is 7.11 Å². The molecule has 1 aliphatic rings. The number of benzene rings is 1. The van der Waals surface area contributed by atoms with Gasteiger partial charge in [0.05, 0.1) is 13.2 Å². The van der Waals surface area contributed by atoms with Crippen molar-refractivity contribution < 1.29 is 22.6 Å². The van der Waals surface area contributed by atoms with Crippen LogP contribution in [0.4, 0.5) is 13.2 Å². The zero-order valence-corrected chi connectivity index (χ0v) is 8.67. The van der Waals surface area contributed by atoms with Crippen LogP contribution < -0.4 is 9.47 Å². The highest BCUT2D eigenvalue weighted by molar-refractivity contribution is 5.42. The molecule has 0 saturated heterocycles. The molecule has 1 fully saturated rings. The molecule has 0 amide bonds. The molecule has 1 saturated carbocycles. The molecule has 0 N–H and O–H groups in total. The van der Waals surface area contributed by atoms with Crippen LogP contribution in [0.3, 0.4) is 0 Å². The fourth-order valence-electron chi connectivity index (χ4n) is 1.33. The van der Waals surface area contributed by atoms with Crippen molar-refractivity contribution >= 4 is 0 Å². The van der Waals surface area contributed by atoms with E-state index >= 15 is 0 Å². The van der Waals surface area contributed by atoms with Crippen molar-refractivity contribution in [3.63, 3.8) is 0 Å². The van der Waals surface area contributed by atoms with Gasteiger partial charge >= 0.3 is 6.18 Å². The lowest BCUT2D eigenvalue weighted by atomic mass is 10.2. The highest BCUT2D eigenvalue weighted by Gasteiger charge is 2.36. The van der Waals surface area contributed by atoms with E-state index in [4.69, 9.17) is 9.47 Å². The molecule has 16 heavy (non-hydrogen) atoms. The van der Waals surface area contributed by atoms with Crippen LogP contribution in [-0.2, 0) is 6.18 Å². The maximum atomic E-state index is 12.7. The lowest BCUT2D eigenvalue weighted by molar-refractivity contribution is -0.139. The van der Waals surface area contributed by atoms with Crippen molar-refractivity contribution in [3.05, 3.63) is 23.8 Å². The molecule has 0 aromatic heterocycles. The summed E-state index contributed by atoms with van der Waals surface area (Å²) in [5, 5.41) is 0. The second-order valence-electron chi connectivity index (χ2n) is 3.68. The molecule has 2 rings (SSSR count). The third-order valence-corrected chi connectivity index (χ3v) is 2.31. The van der Waals surface area contributed by atoms with Crippen LogP contribution in [0.25, 0.3) is 0 Å². The van der Waals surface area contributed by atoms with Crippen LogP contribution in [0.1, 0.15) is 18.4 Å². The van der Waals surface area contributed by atoms with E-state index in [-0.39, 0.29) is 17.6 Å². The number of alkyl halides is 3. The van der Waals surface area contributed by atoms with E-state index in [1.165, 1.54) is 19.2 Å². The SMILES string of the molecule is COc1ccc(OC2CC2)c(C(F)(F)F)c1. The molecule has 1 aliphatic carbocycles. The van der Waals surface area contributed by atoms with Gasteiger partial charge in [-0.2, -0.15) is 13.2 Å². The normalized spacial score (nSPS) is 16.0. The second-order valence-corrected chi connectivity index (χ2v) is 3.68. The van der Waals surface area contributed by atoms with Crippen molar-refractivity contribution in [1.82, 2.24) is 0 Å². The summed E-state index contributed by atoms with van der Waals surface area (Å²) in [6.07, 6.45) is -2.83. The smallest absolute Gasteiger partial charge is 0.420 e. The lowest BCUT2D eigenvalue weighted by Gasteiger charge is -2.14. The predicted octanol–water partition coefficient (Wildman–Crippen LogP) is 3.26. The highest BCUT2D eigenvalue weighted by atomic mass is 19.4. The van der Waals surface area contributed by atoms with Gasteiger partial charge in [0, 0.05) is 0 Å². The first-order valence-electron chi connectivity index (χ1n) is 4.92. The summed E-state index contributed by atoms with van der Waals surface area (Å²) in [4.78, 5) is 0. The Morgan fingerprint density at radius 1 is 1.25 bits per heavy atom. The average Bonchev–Trinajstić information content (AvgIpc) is 3.01. The molecule has 88 valence electrons. The minimum atomic E-state index is -4.42. The molecule has 1 aromatic rings. The summed E-state index contributed by atoms with van der Waals surface area (Å²) in [6, 6.07) is 3.73. The first kappa shape index (κ1) is 11.1. The Kier molecular flexibility index (Phi) is 2.69. The monoisotopic (exact) mass is 232 g/mol. The molecule has 0 bridgehead atoms. The van der Waals surface area contributed by atoms with Crippen molar-refractivity contribution in [2.45, 2.75) is 25.1 Å². The van der Waals surface area contributed by atoms with Gasteiger partial charge in [0.1, 0.15) is 17.1 Å². The molecule has 0 spiro atoms. The van der Waals surface area contributed by atoms with E-state index in [2.05, 4.69) is 0 Å². The van der Waals surface area contributed by atoms with Crippen molar-refractivity contribution in [3.8, 4) is 11.5 Å². The molecule has 1 aromatic carbocycles. The van der Waals surface area contributed by atoms with E-state index in [0.29, 0.717) is 0 Å². The Hall–Kier alpha value is -1.39. The Labute approximate surface area is 91.0 Å². The van der Waals surface area contributed by atoms with Crippen LogP contribution in [0, 0.1) is 0 Å². The molecule has 0 unspecified atom stereocenters. The minimum absolute atomic E-state index is 0.0607. The largest absolute Gasteiger partial charge is 0.497 e. The van der Waals surface area contributed by atoms with E-state index in [0.717, 1.165) is 18.9 Å². The topological polar surface area (TPSA) is 18.5 Å². The van der Waals surface area contributed by atoms with Crippen LogP contribution in [0.15, 0.2) is 18.2 Å². The van der Waals surface area contributed by atoms with Crippen LogP contribution in [-0.4, -0.2) is 13.2 Å². The van der Waals surface area contributed by atoms with Gasteiger partial charge in [-0.3, -0.25) is 0 Å². The molecule has 5 heteroatoms. The van der Waals surface area contributed by atoms with Crippen LogP contribution >= 0.6 is 0 Å². The van der Waals surface area contributed by atoms with E-state index in [1.54, 1.807) is 0 Å². The molecule has 0 aliphatic heterocycles. The Balaban J connectivity index is 2.33. The predicted molar refractivity (Wildman–Crippen MR) is 51.6 cm³/mol. The zero-order valence-electron chi connectivity index (χ0n) is 8.67. The number of methoxy groups -OCH3 is 1. The standard InChI is InChI=1S/C11H11F3O2/c1-15-8-4-5-10(16-7-2-3-7)9(6-8)11(12,13)14/h4-7H,2-3H2,1H3. The third kappa shape index (κ3) is 2.40. The number of halogens is 3. The number of hydrogen-bond donors (Lipinski definition) is 0. The summed E-state index contributed by atoms with van der Waals surface area (Å²) in [5.41, 5.74) is -0.779. The molecule has 0 atom stereocenters. The third-order valence-electron chi connectivity index (χ3n) is 2.31. The fraction of sp³-hybridized carbons (Fsp3) is 0.455. The van der Waals surface area contributed by atoms with Crippen molar-refractivity contribution in [2.24, 2.45) is 0 Å². The maximum absolute atomic E-state index is 12.7. The van der Waals surface area contributed by atoms with Crippen molar-refractivity contribution in [1.29, 1.82) is 0 Å². The van der Waals surface area contributed by atoms with Gasteiger partial charge < -0.3 is 9.47 Å². The highest BCUT2D eigenvalue weighted by Crippen LogP contribution is 2.40. The summed E-state index contributed by atoms with van der Waals surface area (Å²) < 4.78 is 48.1. The first-order valence-corrected chi connectivity index (χ1v) is 4.92. The molecular weight excluding hydrogens is 221 g/mol. The van der Waals surface area contributed by atoms with E-state index < -0.39 is 11.7 Å². The Morgan fingerprint density at radius 2 is 1.94 bits per heavy atom. The molecular formula is C11H11F3O2. The first-order chi connectivity index (χ1) is 7.50. The molecule has 2 nitrogen and oxygen atoms in total.